The van der Waals surface area contributed by atoms with Crippen LogP contribution in [0.15, 0.2) is 0 Å². The molecular formula is C15H17N5O7S. The van der Waals surface area contributed by atoms with Crippen LogP contribution >= 0.6 is 11.3 Å². The van der Waals surface area contributed by atoms with Gasteiger partial charge in [-0.05, 0) is 18.9 Å². The molecule has 0 aliphatic carbocycles. The molecule has 0 aliphatic rings. The third kappa shape index (κ3) is 3.93. The van der Waals surface area contributed by atoms with Crippen LogP contribution in [-0.2, 0) is 4.74 Å². The van der Waals surface area contributed by atoms with Crippen molar-refractivity contribution in [1.29, 1.82) is 0 Å². The van der Waals surface area contributed by atoms with Gasteiger partial charge < -0.3 is 20.5 Å². The first-order valence-corrected chi connectivity index (χ1v) is 8.72. The maximum Gasteiger partial charge on any atom is 0.362 e. The first-order valence-electron chi connectivity index (χ1n) is 7.91. The number of aromatic amines is 1. The van der Waals surface area contributed by atoms with Gasteiger partial charge in [-0.15, -0.1) is 16.4 Å². The summed E-state index contributed by atoms with van der Waals surface area (Å²) in [5.41, 5.74) is 4.35. The number of esters is 1. The fourth-order valence-electron chi connectivity index (χ4n) is 2.30. The minimum atomic E-state index is -0.954. The number of aromatic nitrogens is 2. The van der Waals surface area contributed by atoms with Crippen LogP contribution in [0.3, 0.4) is 0 Å². The van der Waals surface area contributed by atoms with Crippen LogP contribution in [0.2, 0.25) is 0 Å². The van der Waals surface area contributed by atoms with E-state index in [9.17, 15) is 24.5 Å². The predicted octanol–water partition coefficient (Wildman–Crippen LogP) is 1.61. The Labute approximate surface area is 162 Å². The average molecular weight is 411 g/mol. The highest BCUT2D eigenvalue weighted by Crippen LogP contribution is 2.35. The summed E-state index contributed by atoms with van der Waals surface area (Å²) in [5.74, 6) is -2.88. The predicted molar refractivity (Wildman–Crippen MR) is 97.9 cm³/mol. The zero-order chi connectivity index (χ0) is 21.0. The van der Waals surface area contributed by atoms with Crippen LogP contribution in [0.5, 0.6) is 5.88 Å². The van der Waals surface area contributed by atoms with Gasteiger partial charge in [-0.2, -0.15) is 0 Å². The molecular weight excluding hydrogens is 394 g/mol. The highest BCUT2D eigenvalue weighted by Gasteiger charge is 2.32. The van der Waals surface area contributed by atoms with Gasteiger partial charge in [-0.3, -0.25) is 24.8 Å². The fraction of sp³-hybridized carbons (Fsp3) is 0.333. The molecule has 150 valence electrons. The standard InChI is InChI=1S/C15H17N5O7S/c1-4-5-27-15(23)7-6(2)10(11(16)21)28-14(7)17-12(22)8-9(20(24)25)13(26-3)19-18-8/h4-5H2,1-3H3,(H2,16,21)(H,17,22)(H,18,19). The summed E-state index contributed by atoms with van der Waals surface area (Å²) in [4.78, 5) is 46.9. The number of hydrogen-bond acceptors (Lipinski definition) is 9. The largest absolute Gasteiger partial charge is 0.475 e. The van der Waals surface area contributed by atoms with E-state index >= 15 is 0 Å². The van der Waals surface area contributed by atoms with Gasteiger partial charge in [0.2, 0.25) is 5.69 Å². The number of H-pyrrole nitrogens is 1. The van der Waals surface area contributed by atoms with Gasteiger partial charge in [-0.1, -0.05) is 6.92 Å². The number of carbonyl (C=O) groups excluding carboxylic acids is 3. The summed E-state index contributed by atoms with van der Waals surface area (Å²) < 4.78 is 9.83. The Morgan fingerprint density at radius 2 is 2.07 bits per heavy atom. The van der Waals surface area contributed by atoms with E-state index in [1.54, 1.807) is 6.92 Å². The number of ether oxygens (including phenoxy) is 2. The molecule has 0 radical (unpaired) electrons. The monoisotopic (exact) mass is 411 g/mol. The number of nitrogens with two attached hydrogens (primary N) is 1. The Hall–Kier alpha value is -3.48. The lowest BCUT2D eigenvalue weighted by Crippen LogP contribution is -2.16. The lowest BCUT2D eigenvalue weighted by atomic mass is 10.1. The summed E-state index contributed by atoms with van der Waals surface area (Å²) in [7, 11) is 1.16. The van der Waals surface area contributed by atoms with Crippen molar-refractivity contribution in [2.24, 2.45) is 5.73 Å². The number of rotatable bonds is 8. The molecule has 2 aromatic heterocycles. The number of nitro groups is 1. The number of primary amides is 1. The summed E-state index contributed by atoms with van der Waals surface area (Å²) in [6, 6.07) is 0. The first-order chi connectivity index (χ1) is 13.2. The molecule has 0 bridgehead atoms. The zero-order valence-electron chi connectivity index (χ0n) is 15.2. The second kappa shape index (κ2) is 8.47. The van der Waals surface area contributed by atoms with Crippen LogP contribution in [0.4, 0.5) is 10.7 Å². The molecule has 0 spiro atoms. The molecule has 2 rings (SSSR count). The summed E-state index contributed by atoms with van der Waals surface area (Å²) in [6.07, 6.45) is 0.569. The van der Waals surface area contributed by atoms with Gasteiger partial charge in [0.1, 0.15) is 5.00 Å². The Balaban J connectivity index is 2.45. The van der Waals surface area contributed by atoms with Crippen molar-refractivity contribution in [2.75, 3.05) is 19.0 Å². The topological polar surface area (TPSA) is 180 Å². The minimum absolute atomic E-state index is 0.0275. The fourth-order valence-corrected chi connectivity index (χ4v) is 3.35. The third-order valence-electron chi connectivity index (χ3n) is 3.55. The molecule has 13 heteroatoms. The highest BCUT2D eigenvalue weighted by molar-refractivity contribution is 7.18. The average Bonchev–Trinajstić information content (AvgIpc) is 3.21. The molecule has 0 unspecified atom stereocenters. The number of carbonyl (C=O) groups is 3. The van der Waals surface area contributed by atoms with Gasteiger partial charge in [0, 0.05) is 0 Å². The van der Waals surface area contributed by atoms with E-state index in [1.165, 1.54) is 6.92 Å². The van der Waals surface area contributed by atoms with Gasteiger partial charge in [0.25, 0.3) is 11.8 Å². The second-order valence-electron chi connectivity index (χ2n) is 5.43. The number of nitrogens with zero attached hydrogens (tertiary/aromatic N) is 2. The number of anilines is 1. The second-order valence-corrected chi connectivity index (χ2v) is 6.45. The third-order valence-corrected chi connectivity index (χ3v) is 4.77. The van der Waals surface area contributed by atoms with Gasteiger partial charge >= 0.3 is 17.5 Å². The van der Waals surface area contributed by atoms with Gasteiger partial charge in [-0.25, -0.2) is 4.79 Å². The molecule has 0 atom stereocenters. The first kappa shape index (κ1) is 20.8. The summed E-state index contributed by atoms with van der Waals surface area (Å²) in [6.45, 7) is 3.42. The molecule has 0 aromatic carbocycles. The molecule has 0 aliphatic heterocycles. The van der Waals surface area contributed by atoms with Crippen molar-refractivity contribution in [3.63, 3.8) is 0 Å². The van der Waals surface area contributed by atoms with Crippen molar-refractivity contribution in [1.82, 2.24) is 10.2 Å². The summed E-state index contributed by atoms with van der Waals surface area (Å²) in [5, 5.41) is 19.3. The van der Waals surface area contributed by atoms with E-state index in [0.29, 0.717) is 6.42 Å². The SMILES string of the molecule is CCCOC(=O)c1c(NC(=O)c2[nH]nc(OC)c2[N+](=O)[O-])sc(C(N)=O)c1C. The minimum Gasteiger partial charge on any atom is -0.475 e. The normalized spacial score (nSPS) is 10.4. The van der Waals surface area contributed by atoms with Crippen molar-refractivity contribution in [3.05, 3.63) is 31.8 Å². The molecule has 12 nitrogen and oxygen atoms in total. The smallest absolute Gasteiger partial charge is 0.362 e. The number of nitrogens with one attached hydrogen (secondary N) is 2. The molecule has 2 aromatic rings. The maximum absolute atomic E-state index is 12.5. The van der Waals surface area contributed by atoms with Crippen LogP contribution in [-0.4, -0.2) is 46.6 Å². The van der Waals surface area contributed by atoms with E-state index < -0.39 is 34.1 Å². The Kier molecular flexibility index (Phi) is 6.30. The summed E-state index contributed by atoms with van der Waals surface area (Å²) >= 11 is 0.763. The molecule has 2 heterocycles. The maximum atomic E-state index is 12.5. The molecule has 0 saturated heterocycles. The Morgan fingerprint density at radius 1 is 1.39 bits per heavy atom. The zero-order valence-corrected chi connectivity index (χ0v) is 16.0. The quantitative estimate of drug-likeness (QED) is 0.333. The lowest BCUT2D eigenvalue weighted by Gasteiger charge is -2.07. The Bertz CT molecular complexity index is 949. The van der Waals surface area contributed by atoms with Crippen molar-refractivity contribution < 1.29 is 28.8 Å². The van der Waals surface area contributed by atoms with E-state index in [4.69, 9.17) is 15.2 Å². The van der Waals surface area contributed by atoms with Crippen molar-refractivity contribution in [3.8, 4) is 5.88 Å². The molecule has 4 N–H and O–H groups in total. The number of thiophene rings is 1. The van der Waals surface area contributed by atoms with Crippen molar-refractivity contribution in [2.45, 2.75) is 20.3 Å². The lowest BCUT2D eigenvalue weighted by molar-refractivity contribution is -0.386. The number of amides is 2. The van der Waals surface area contributed by atoms with E-state index in [2.05, 4.69) is 15.5 Å². The number of hydrogen-bond donors (Lipinski definition) is 3. The molecule has 0 fully saturated rings. The van der Waals surface area contributed by atoms with Crippen LogP contribution in [0, 0.1) is 17.0 Å². The van der Waals surface area contributed by atoms with Crippen LogP contribution < -0.4 is 15.8 Å². The number of methoxy groups -OCH3 is 1. The van der Waals surface area contributed by atoms with Gasteiger partial charge in [0.05, 0.1) is 29.1 Å². The van der Waals surface area contributed by atoms with E-state index in [-0.39, 0.29) is 33.5 Å². The van der Waals surface area contributed by atoms with Gasteiger partial charge in [0.15, 0.2) is 0 Å². The highest BCUT2D eigenvalue weighted by atomic mass is 32.1. The Morgan fingerprint density at radius 3 is 2.61 bits per heavy atom. The van der Waals surface area contributed by atoms with Crippen molar-refractivity contribution >= 4 is 39.8 Å². The van der Waals surface area contributed by atoms with Crippen LogP contribution in [0.25, 0.3) is 0 Å². The molecule has 28 heavy (non-hydrogen) atoms. The molecule has 2 amide bonds. The van der Waals surface area contributed by atoms with E-state index in [0.717, 1.165) is 18.4 Å². The van der Waals surface area contributed by atoms with E-state index in [1.807, 2.05) is 0 Å². The molecule has 0 saturated carbocycles. The van der Waals surface area contributed by atoms with Crippen LogP contribution in [0.1, 0.15) is 49.4 Å².